The molecule has 0 fully saturated rings. The van der Waals surface area contributed by atoms with Crippen molar-refractivity contribution in [2.24, 2.45) is 0 Å². The molecule has 0 aromatic rings. The van der Waals surface area contributed by atoms with Gasteiger partial charge in [-0.1, -0.05) is 0 Å². The van der Waals surface area contributed by atoms with E-state index in [1.165, 1.54) is 0 Å². The number of ether oxygens (including phenoxy) is 2. The first kappa shape index (κ1) is 17.7. The predicted octanol–water partition coefficient (Wildman–Crippen LogP) is 0.308. The molecule has 0 aromatic heterocycles. The SMILES string of the molecule is CCOC(=O)CNC(=O)NC(=N)NC(=O)OC(C)(C)C. The number of amides is 3. The molecule has 0 unspecified atom stereocenters. The van der Waals surface area contributed by atoms with Gasteiger partial charge in [0, 0.05) is 0 Å². The van der Waals surface area contributed by atoms with Gasteiger partial charge in [-0.05, 0) is 27.7 Å². The molecule has 4 N–H and O–H groups in total. The molecule has 9 nitrogen and oxygen atoms in total. The van der Waals surface area contributed by atoms with Gasteiger partial charge in [0.25, 0.3) is 0 Å². The summed E-state index contributed by atoms with van der Waals surface area (Å²) in [6.45, 7) is 6.50. The summed E-state index contributed by atoms with van der Waals surface area (Å²) in [5, 5.41) is 13.5. The molecule has 0 aliphatic carbocycles. The summed E-state index contributed by atoms with van der Waals surface area (Å²) < 4.78 is 9.48. The van der Waals surface area contributed by atoms with E-state index in [0.29, 0.717) is 0 Å². The number of carbonyl (C=O) groups is 3. The van der Waals surface area contributed by atoms with E-state index < -0.39 is 29.7 Å². The van der Waals surface area contributed by atoms with Gasteiger partial charge in [0.1, 0.15) is 12.1 Å². The third-order valence-electron chi connectivity index (χ3n) is 1.56. The van der Waals surface area contributed by atoms with Crippen LogP contribution in [0.4, 0.5) is 9.59 Å². The smallest absolute Gasteiger partial charge is 0.414 e. The van der Waals surface area contributed by atoms with Crippen LogP contribution in [0.25, 0.3) is 0 Å². The van der Waals surface area contributed by atoms with E-state index in [9.17, 15) is 14.4 Å². The maximum Gasteiger partial charge on any atom is 0.414 e. The van der Waals surface area contributed by atoms with Crippen LogP contribution in [0.3, 0.4) is 0 Å². The number of alkyl carbamates (subject to hydrolysis) is 1. The highest BCUT2D eigenvalue weighted by atomic mass is 16.6. The Labute approximate surface area is 116 Å². The Morgan fingerprint density at radius 2 is 1.75 bits per heavy atom. The summed E-state index contributed by atoms with van der Waals surface area (Å²) in [5.74, 6) is -1.17. The molecule has 3 amide bonds. The van der Waals surface area contributed by atoms with Gasteiger partial charge in [0.2, 0.25) is 5.96 Å². The molecular weight excluding hydrogens is 268 g/mol. The molecule has 0 rings (SSSR count). The lowest BCUT2D eigenvalue weighted by molar-refractivity contribution is -0.141. The van der Waals surface area contributed by atoms with Crippen molar-refractivity contribution in [2.45, 2.75) is 33.3 Å². The maximum absolute atomic E-state index is 11.3. The quantitative estimate of drug-likeness (QED) is 0.337. The Morgan fingerprint density at radius 1 is 1.15 bits per heavy atom. The Hall–Kier alpha value is -2.32. The Kier molecular flexibility index (Phi) is 7.05. The number of urea groups is 1. The summed E-state index contributed by atoms with van der Waals surface area (Å²) >= 11 is 0. The summed E-state index contributed by atoms with van der Waals surface area (Å²) in [7, 11) is 0. The number of hydrogen-bond donors (Lipinski definition) is 4. The first-order valence-electron chi connectivity index (χ1n) is 5.93. The van der Waals surface area contributed by atoms with Crippen molar-refractivity contribution < 1.29 is 23.9 Å². The molecular formula is C11H20N4O5. The first-order valence-corrected chi connectivity index (χ1v) is 5.93. The van der Waals surface area contributed by atoms with Crippen LogP contribution in [0.2, 0.25) is 0 Å². The van der Waals surface area contributed by atoms with E-state index in [0.717, 1.165) is 0 Å². The van der Waals surface area contributed by atoms with E-state index >= 15 is 0 Å². The van der Waals surface area contributed by atoms with Crippen LogP contribution >= 0.6 is 0 Å². The number of rotatable bonds is 3. The van der Waals surface area contributed by atoms with Crippen molar-refractivity contribution in [3.63, 3.8) is 0 Å². The van der Waals surface area contributed by atoms with Gasteiger partial charge in [0.05, 0.1) is 6.61 Å². The fourth-order valence-corrected chi connectivity index (χ4v) is 0.959. The topological polar surface area (TPSA) is 130 Å². The monoisotopic (exact) mass is 288 g/mol. The van der Waals surface area contributed by atoms with E-state index in [1.54, 1.807) is 27.7 Å². The van der Waals surface area contributed by atoms with Gasteiger partial charge in [0.15, 0.2) is 0 Å². The van der Waals surface area contributed by atoms with Crippen molar-refractivity contribution in [1.29, 1.82) is 5.41 Å². The van der Waals surface area contributed by atoms with Gasteiger partial charge in [-0.15, -0.1) is 0 Å². The minimum absolute atomic E-state index is 0.206. The zero-order valence-corrected chi connectivity index (χ0v) is 12.0. The van der Waals surface area contributed by atoms with Gasteiger partial charge in [-0.25, -0.2) is 9.59 Å². The summed E-state index contributed by atoms with van der Waals surface area (Å²) in [6.07, 6.45) is -0.867. The Bertz CT molecular complexity index is 389. The van der Waals surface area contributed by atoms with Crippen molar-refractivity contribution in [3.05, 3.63) is 0 Å². The van der Waals surface area contributed by atoms with Gasteiger partial charge in [-0.3, -0.25) is 20.8 Å². The Morgan fingerprint density at radius 3 is 2.25 bits per heavy atom. The lowest BCUT2D eigenvalue weighted by Crippen LogP contribution is -2.49. The van der Waals surface area contributed by atoms with Crippen LogP contribution in [-0.4, -0.2) is 42.8 Å². The number of carbonyl (C=O) groups excluding carboxylic acids is 3. The molecule has 0 aliphatic heterocycles. The number of hydrogen-bond acceptors (Lipinski definition) is 6. The first-order chi connectivity index (χ1) is 9.14. The average Bonchev–Trinajstić information content (AvgIpc) is 2.23. The second-order valence-corrected chi connectivity index (χ2v) is 4.61. The van der Waals surface area contributed by atoms with Crippen molar-refractivity contribution >= 4 is 24.1 Å². The lowest BCUT2D eigenvalue weighted by atomic mass is 10.2. The van der Waals surface area contributed by atoms with Crippen LogP contribution in [0.5, 0.6) is 0 Å². The minimum atomic E-state index is -0.867. The zero-order chi connectivity index (χ0) is 15.8. The van der Waals surface area contributed by atoms with Crippen LogP contribution in [-0.2, 0) is 14.3 Å². The summed E-state index contributed by atoms with van der Waals surface area (Å²) in [5.41, 5.74) is -0.712. The average molecular weight is 288 g/mol. The minimum Gasteiger partial charge on any atom is -0.465 e. The van der Waals surface area contributed by atoms with Crippen LogP contribution < -0.4 is 16.0 Å². The molecule has 0 atom stereocenters. The highest BCUT2D eigenvalue weighted by Crippen LogP contribution is 2.05. The molecule has 114 valence electrons. The standard InChI is InChI=1S/C11H20N4O5/c1-5-19-7(16)6-13-9(17)14-8(12)15-10(18)20-11(2,3)4/h5-6H2,1-4H3,(H4,12,13,14,15,17,18). The normalized spacial score (nSPS) is 10.2. The Balaban J connectivity index is 3.99. The highest BCUT2D eigenvalue weighted by Gasteiger charge is 2.17. The van der Waals surface area contributed by atoms with Crippen LogP contribution in [0.1, 0.15) is 27.7 Å². The van der Waals surface area contributed by atoms with Gasteiger partial charge < -0.3 is 14.8 Å². The van der Waals surface area contributed by atoms with Crippen molar-refractivity contribution in [3.8, 4) is 0 Å². The predicted molar refractivity (Wildman–Crippen MR) is 70.3 cm³/mol. The van der Waals surface area contributed by atoms with Crippen LogP contribution in [0.15, 0.2) is 0 Å². The van der Waals surface area contributed by atoms with E-state index in [2.05, 4.69) is 10.1 Å². The highest BCUT2D eigenvalue weighted by molar-refractivity contribution is 6.01. The molecule has 0 aliphatic rings. The fourth-order valence-electron chi connectivity index (χ4n) is 0.959. The summed E-state index contributed by atoms with van der Waals surface area (Å²) in [6, 6.07) is -0.820. The third kappa shape index (κ3) is 9.68. The number of guanidine groups is 1. The molecule has 0 saturated carbocycles. The van der Waals surface area contributed by atoms with Gasteiger partial charge in [-0.2, -0.15) is 0 Å². The summed E-state index contributed by atoms with van der Waals surface area (Å²) in [4.78, 5) is 33.5. The lowest BCUT2D eigenvalue weighted by Gasteiger charge is -2.19. The zero-order valence-electron chi connectivity index (χ0n) is 12.0. The van der Waals surface area contributed by atoms with Crippen LogP contribution in [0, 0.1) is 5.41 Å². The molecule has 0 spiro atoms. The second-order valence-electron chi connectivity index (χ2n) is 4.61. The van der Waals surface area contributed by atoms with Crippen molar-refractivity contribution in [2.75, 3.05) is 13.2 Å². The molecule has 9 heteroatoms. The van der Waals surface area contributed by atoms with E-state index in [-0.39, 0.29) is 13.2 Å². The molecule has 0 saturated heterocycles. The molecule has 0 heterocycles. The third-order valence-corrected chi connectivity index (χ3v) is 1.56. The van der Waals surface area contributed by atoms with Crippen molar-refractivity contribution in [1.82, 2.24) is 16.0 Å². The van der Waals surface area contributed by atoms with E-state index in [4.69, 9.17) is 10.1 Å². The molecule has 0 radical (unpaired) electrons. The fraction of sp³-hybridized carbons (Fsp3) is 0.636. The maximum atomic E-state index is 11.3. The molecule has 20 heavy (non-hydrogen) atoms. The largest absolute Gasteiger partial charge is 0.465 e. The number of nitrogens with one attached hydrogen (secondary N) is 4. The van der Waals surface area contributed by atoms with E-state index in [1.807, 2.05) is 10.6 Å². The molecule has 0 bridgehead atoms. The second kappa shape index (κ2) is 7.97. The molecule has 0 aromatic carbocycles. The van der Waals surface area contributed by atoms with Gasteiger partial charge >= 0.3 is 18.1 Å². The number of esters is 1.